The minimum Gasteiger partial charge on any atom is -0.481 e. The van der Waals surface area contributed by atoms with Gasteiger partial charge in [-0.15, -0.1) is 5.10 Å². The third kappa shape index (κ3) is 4.60. The molecule has 2 aromatic carbocycles. The number of carboxylic acids is 1. The molecule has 1 aliphatic rings. The molecular weight excluding hydrogens is 384 g/mol. The maximum atomic E-state index is 11.7. The van der Waals surface area contributed by atoms with Crippen molar-refractivity contribution in [2.45, 2.75) is 11.7 Å². The zero-order valence-corrected chi connectivity index (χ0v) is 15.1. The number of nitro groups is 1. The first-order valence-electron chi connectivity index (χ1n) is 8.08. The fraction of sp³-hybridized carbons (Fsp3) is 0.111. The number of nitro benzene ring substituents is 1. The van der Waals surface area contributed by atoms with Crippen LogP contribution in [0.15, 0.2) is 58.7 Å². The van der Waals surface area contributed by atoms with Crippen LogP contribution in [0.5, 0.6) is 0 Å². The number of amides is 1. The molecule has 0 bridgehead atoms. The van der Waals surface area contributed by atoms with E-state index >= 15 is 0 Å². The van der Waals surface area contributed by atoms with E-state index in [1.165, 1.54) is 18.3 Å². The molecule has 0 saturated carbocycles. The SMILES string of the molecule is O=C(O)CC1SC(=NN=Cc2ccccc2-c2cccc([N+](=O)[O-])c2)NC1=O. The van der Waals surface area contributed by atoms with Crippen molar-refractivity contribution in [3.05, 3.63) is 64.2 Å². The van der Waals surface area contributed by atoms with Crippen molar-refractivity contribution >= 4 is 40.7 Å². The highest BCUT2D eigenvalue weighted by atomic mass is 32.2. The van der Waals surface area contributed by atoms with E-state index in [-0.39, 0.29) is 17.3 Å². The highest BCUT2D eigenvalue weighted by Crippen LogP contribution is 2.26. The molecule has 1 amide bonds. The Kier molecular flexibility index (Phi) is 5.80. The first kappa shape index (κ1) is 19.2. The van der Waals surface area contributed by atoms with Gasteiger partial charge in [0.25, 0.3) is 5.69 Å². The summed E-state index contributed by atoms with van der Waals surface area (Å²) in [4.78, 5) is 33.0. The number of nitrogens with zero attached hydrogens (tertiary/aromatic N) is 3. The van der Waals surface area contributed by atoms with Crippen LogP contribution in [0.25, 0.3) is 11.1 Å². The number of rotatable bonds is 6. The summed E-state index contributed by atoms with van der Waals surface area (Å²) >= 11 is 1.01. The molecule has 0 radical (unpaired) electrons. The van der Waals surface area contributed by atoms with Crippen LogP contribution in [-0.2, 0) is 9.59 Å². The van der Waals surface area contributed by atoms with Crippen LogP contribution in [-0.4, -0.2) is 38.5 Å². The average Bonchev–Trinajstić information content (AvgIpc) is 3.01. The average molecular weight is 398 g/mol. The summed E-state index contributed by atoms with van der Waals surface area (Å²) in [7, 11) is 0. The van der Waals surface area contributed by atoms with Crippen molar-refractivity contribution < 1.29 is 19.6 Å². The number of hydrogen-bond acceptors (Lipinski definition) is 7. The lowest BCUT2D eigenvalue weighted by Gasteiger charge is -2.05. The molecule has 28 heavy (non-hydrogen) atoms. The Bertz CT molecular complexity index is 1000. The summed E-state index contributed by atoms with van der Waals surface area (Å²) in [6, 6.07) is 13.4. The number of aliphatic carboxylic acids is 1. The van der Waals surface area contributed by atoms with Crippen molar-refractivity contribution in [3.63, 3.8) is 0 Å². The van der Waals surface area contributed by atoms with Gasteiger partial charge in [0.05, 0.1) is 17.6 Å². The third-order valence-electron chi connectivity index (χ3n) is 3.81. The number of thioether (sulfide) groups is 1. The van der Waals surface area contributed by atoms with Gasteiger partial charge in [-0.1, -0.05) is 48.2 Å². The number of carbonyl (C=O) groups excluding carboxylic acids is 1. The predicted octanol–water partition coefficient (Wildman–Crippen LogP) is 2.66. The molecule has 2 N–H and O–H groups in total. The fourth-order valence-corrected chi connectivity index (χ4v) is 3.46. The zero-order chi connectivity index (χ0) is 20.1. The standard InChI is InChI=1S/C18H14N4O5S/c23-16(24)9-15-17(25)20-18(28-15)21-19-10-12-4-1-2-7-14(12)11-5-3-6-13(8-11)22(26)27/h1-8,10,15H,9H2,(H,23,24)(H,20,21,25). The second kappa shape index (κ2) is 8.44. The maximum absolute atomic E-state index is 11.7. The molecule has 142 valence electrons. The summed E-state index contributed by atoms with van der Waals surface area (Å²) in [6.07, 6.45) is 1.17. The Morgan fingerprint density at radius 1 is 1.29 bits per heavy atom. The first-order valence-corrected chi connectivity index (χ1v) is 8.96. The summed E-state index contributed by atoms with van der Waals surface area (Å²) in [6.45, 7) is 0. The zero-order valence-electron chi connectivity index (χ0n) is 14.3. The predicted molar refractivity (Wildman–Crippen MR) is 105 cm³/mol. The van der Waals surface area contributed by atoms with Gasteiger partial charge in [0.2, 0.25) is 5.91 Å². The van der Waals surface area contributed by atoms with Crippen LogP contribution in [0.4, 0.5) is 5.69 Å². The lowest BCUT2D eigenvalue weighted by Crippen LogP contribution is -2.26. The summed E-state index contributed by atoms with van der Waals surface area (Å²) in [5, 5.41) is 29.6. The number of non-ortho nitro benzene ring substituents is 1. The Morgan fingerprint density at radius 2 is 2.07 bits per heavy atom. The van der Waals surface area contributed by atoms with Crippen LogP contribution in [0.3, 0.4) is 0 Å². The van der Waals surface area contributed by atoms with Crippen molar-refractivity contribution in [1.82, 2.24) is 5.32 Å². The third-order valence-corrected chi connectivity index (χ3v) is 4.88. The second-order valence-corrected chi connectivity index (χ2v) is 6.93. The van der Waals surface area contributed by atoms with Gasteiger partial charge in [0.15, 0.2) is 5.17 Å². The van der Waals surface area contributed by atoms with E-state index in [1.807, 2.05) is 6.07 Å². The molecule has 3 rings (SSSR count). The molecule has 2 aromatic rings. The van der Waals surface area contributed by atoms with Crippen molar-refractivity contribution in [2.24, 2.45) is 10.2 Å². The smallest absolute Gasteiger partial charge is 0.305 e. The first-order chi connectivity index (χ1) is 13.4. The molecule has 1 aliphatic heterocycles. The Morgan fingerprint density at radius 3 is 2.82 bits per heavy atom. The van der Waals surface area contributed by atoms with Gasteiger partial charge >= 0.3 is 5.97 Å². The summed E-state index contributed by atoms with van der Waals surface area (Å²) < 4.78 is 0. The minimum atomic E-state index is -1.07. The highest BCUT2D eigenvalue weighted by molar-refractivity contribution is 8.15. The fourth-order valence-electron chi connectivity index (χ4n) is 2.55. The molecule has 1 saturated heterocycles. The lowest BCUT2D eigenvalue weighted by atomic mass is 10.00. The van der Waals surface area contributed by atoms with E-state index in [0.717, 1.165) is 17.3 Å². The van der Waals surface area contributed by atoms with Crippen molar-refractivity contribution in [1.29, 1.82) is 0 Å². The summed E-state index contributed by atoms with van der Waals surface area (Å²) in [5.74, 6) is -1.48. The molecule has 0 aromatic heterocycles. The van der Waals surface area contributed by atoms with Gasteiger partial charge in [-0.05, 0) is 11.1 Å². The monoisotopic (exact) mass is 398 g/mol. The largest absolute Gasteiger partial charge is 0.481 e. The van der Waals surface area contributed by atoms with Crippen LogP contribution in [0, 0.1) is 10.1 Å². The molecule has 1 fully saturated rings. The van der Waals surface area contributed by atoms with Crippen LogP contribution in [0.1, 0.15) is 12.0 Å². The minimum absolute atomic E-state index is 0.0148. The molecule has 10 heteroatoms. The van der Waals surface area contributed by atoms with Gasteiger partial charge in [-0.3, -0.25) is 19.7 Å². The lowest BCUT2D eigenvalue weighted by molar-refractivity contribution is -0.384. The molecule has 1 heterocycles. The van der Waals surface area contributed by atoms with Crippen LogP contribution in [0.2, 0.25) is 0 Å². The second-order valence-electron chi connectivity index (χ2n) is 5.74. The number of carboxylic acid groups (broad SMARTS) is 1. The molecular formula is C18H14N4O5S. The van der Waals surface area contributed by atoms with Gasteiger partial charge in [-0.2, -0.15) is 5.10 Å². The molecule has 9 nitrogen and oxygen atoms in total. The Labute approximate surface area is 163 Å². The number of carbonyl (C=O) groups is 2. The number of hydrogen-bond donors (Lipinski definition) is 2. The van der Waals surface area contributed by atoms with Crippen molar-refractivity contribution in [3.8, 4) is 11.1 Å². The topological polar surface area (TPSA) is 134 Å². The van der Waals surface area contributed by atoms with Gasteiger partial charge in [-0.25, -0.2) is 0 Å². The quantitative estimate of drug-likeness (QED) is 0.436. The Balaban J connectivity index is 1.81. The number of amidine groups is 1. The number of nitrogens with one attached hydrogen (secondary N) is 1. The molecule has 0 aliphatic carbocycles. The van der Waals surface area contributed by atoms with Crippen molar-refractivity contribution in [2.75, 3.05) is 0 Å². The van der Waals surface area contributed by atoms with E-state index in [9.17, 15) is 19.7 Å². The van der Waals surface area contributed by atoms with E-state index in [4.69, 9.17) is 5.11 Å². The molecule has 1 atom stereocenters. The highest BCUT2D eigenvalue weighted by Gasteiger charge is 2.32. The molecule has 1 unspecified atom stereocenters. The van der Waals surface area contributed by atoms with Gasteiger partial charge < -0.3 is 10.4 Å². The van der Waals surface area contributed by atoms with Gasteiger partial charge in [0, 0.05) is 17.7 Å². The Hall–Kier alpha value is -3.53. The van der Waals surface area contributed by atoms with Gasteiger partial charge in [0.1, 0.15) is 5.25 Å². The molecule has 0 spiro atoms. The van der Waals surface area contributed by atoms with Crippen LogP contribution >= 0.6 is 11.8 Å². The normalized spacial score (nSPS) is 17.8. The summed E-state index contributed by atoms with van der Waals surface area (Å²) in [5.41, 5.74) is 2.07. The van der Waals surface area contributed by atoms with E-state index in [0.29, 0.717) is 11.1 Å². The van der Waals surface area contributed by atoms with E-state index < -0.39 is 22.0 Å². The number of benzene rings is 2. The van der Waals surface area contributed by atoms with E-state index in [2.05, 4.69) is 15.5 Å². The van der Waals surface area contributed by atoms with E-state index in [1.54, 1.807) is 30.3 Å². The van der Waals surface area contributed by atoms with Crippen LogP contribution < -0.4 is 5.32 Å². The maximum Gasteiger partial charge on any atom is 0.305 e.